The Hall–Kier alpha value is -2.24. The van der Waals surface area contributed by atoms with Gasteiger partial charge in [0.25, 0.3) is 0 Å². The molecule has 4 N–H and O–H groups in total. The van der Waals surface area contributed by atoms with E-state index in [1.54, 1.807) is 6.92 Å². The Kier molecular flexibility index (Phi) is 3.68. The van der Waals surface area contributed by atoms with Crippen molar-refractivity contribution in [1.29, 1.82) is 0 Å². The molecule has 2 aliphatic rings. The lowest BCUT2D eigenvalue weighted by atomic mass is 10.1. The van der Waals surface area contributed by atoms with Crippen LogP contribution in [-0.4, -0.2) is 36.5 Å². The summed E-state index contributed by atoms with van der Waals surface area (Å²) >= 11 is 0. The average Bonchev–Trinajstić information content (AvgIpc) is 3.30. The van der Waals surface area contributed by atoms with Crippen molar-refractivity contribution in [2.75, 3.05) is 17.2 Å². The second kappa shape index (κ2) is 5.63. The molecule has 1 aromatic rings. The van der Waals surface area contributed by atoms with Gasteiger partial charge in [0, 0.05) is 12.6 Å². The van der Waals surface area contributed by atoms with Gasteiger partial charge in [-0.15, -0.1) is 0 Å². The van der Waals surface area contributed by atoms with Crippen molar-refractivity contribution in [1.82, 2.24) is 10.6 Å². The van der Waals surface area contributed by atoms with Gasteiger partial charge in [0.1, 0.15) is 12.1 Å². The predicted octanol–water partition coefficient (Wildman–Crippen LogP) is 0.676. The number of nitrogens with one attached hydrogen (secondary N) is 4. The van der Waals surface area contributed by atoms with Crippen molar-refractivity contribution in [2.24, 2.45) is 0 Å². The van der Waals surface area contributed by atoms with Gasteiger partial charge in [-0.2, -0.15) is 0 Å². The third-order valence-corrected chi connectivity index (χ3v) is 3.75. The Morgan fingerprint density at radius 1 is 1.24 bits per heavy atom. The molecule has 0 saturated heterocycles. The summed E-state index contributed by atoms with van der Waals surface area (Å²) in [6.45, 7) is 2.21. The van der Waals surface area contributed by atoms with E-state index in [1.165, 1.54) is 0 Å². The number of hydrogen-bond acceptors (Lipinski definition) is 4. The van der Waals surface area contributed by atoms with Crippen LogP contribution >= 0.6 is 0 Å². The molecule has 1 fully saturated rings. The largest absolute Gasteiger partial charge is 0.381 e. The highest BCUT2D eigenvalue weighted by Gasteiger charge is 2.29. The second-order valence-corrected chi connectivity index (χ2v) is 5.64. The molecule has 0 spiro atoms. The lowest BCUT2D eigenvalue weighted by molar-refractivity contribution is -0.128. The van der Waals surface area contributed by atoms with Crippen LogP contribution in [0.25, 0.3) is 0 Å². The fourth-order valence-electron chi connectivity index (χ4n) is 2.31. The Labute approximate surface area is 123 Å². The maximum Gasteiger partial charge on any atom is 0.244 e. The van der Waals surface area contributed by atoms with E-state index >= 15 is 0 Å². The molecule has 21 heavy (non-hydrogen) atoms. The summed E-state index contributed by atoms with van der Waals surface area (Å²) in [7, 11) is 0. The molecule has 6 heteroatoms. The SMILES string of the molecule is CC(NC(=O)C1CNc2ccccc2N1)C(=O)NC1CC1. The standard InChI is InChI=1S/C15H20N4O2/c1-9(14(20)18-10-6-7-10)17-15(21)13-8-16-11-4-2-3-5-12(11)19-13/h2-5,9-10,13,16,19H,6-8H2,1H3,(H,17,21)(H,18,20). The Bertz CT molecular complexity index is 556. The van der Waals surface area contributed by atoms with Crippen molar-refractivity contribution in [3.8, 4) is 0 Å². The summed E-state index contributed by atoms with van der Waals surface area (Å²) in [4.78, 5) is 24.1. The van der Waals surface area contributed by atoms with Crippen molar-refractivity contribution >= 4 is 23.2 Å². The van der Waals surface area contributed by atoms with Gasteiger partial charge in [-0.25, -0.2) is 0 Å². The number of anilines is 2. The van der Waals surface area contributed by atoms with Gasteiger partial charge < -0.3 is 21.3 Å². The third kappa shape index (κ3) is 3.26. The molecule has 1 aliphatic carbocycles. The molecule has 6 nitrogen and oxygen atoms in total. The summed E-state index contributed by atoms with van der Waals surface area (Å²) in [5.41, 5.74) is 1.89. The molecule has 1 saturated carbocycles. The Morgan fingerprint density at radius 3 is 2.67 bits per heavy atom. The van der Waals surface area contributed by atoms with Crippen molar-refractivity contribution in [3.63, 3.8) is 0 Å². The monoisotopic (exact) mass is 288 g/mol. The quantitative estimate of drug-likeness (QED) is 0.656. The molecular weight excluding hydrogens is 268 g/mol. The van der Waals surface area contributed by atoms with E-state index in [2.05, 4.69) is 21.3 Å². The number of benzene rings is 1. The van der Waals surface area contributed by atoms with Gasteiger partial charge in [-0.05, 0) is 31.9 Å². The van der Waals surface area contributed by atoms with Gasteiger partial charge in [-0.1, -0.05) is 12.1 Å². The molecule has 1 aromatic carbocycles. The van der Waals surface area contributed by atoms with Crippen LogP contribution in [0.5, 0.6) is 0 Å². The maximum absolute atomic E-state index is 12.2. The zero-order valence-corrected chi connectivity index (χ0v) is 12.0. The first-order chi connectivity index (χ1) is 10.1. The first-order valence-electron chi connectivity index (χ1n) is 7.33. The summed E-state index contributed by atoms with van der Waals surface area (Å²) < 4.78 is 0. The van der Waals surface area contributed by atoms with Crippen LogP contribution in [0.15, 0.2) is 24.3 Å². The lowest BCUT2D eigenvalue weighted by Crippen LogP contribution is -2.52. The molecule has 0 bridgehead atoms. The fourth-order valence-corrected chi connectivity index (χ4v) is 2.31. The topological polar surface area (TPSA) is 82.3 Å². The smallest absolute Gasteiger partial charge is 0.244 e. The van der Waals surface area contributed by atoms with Gasteiger partial charge in [0.05, 0.1) is 11.4 Å². The summed E-state index contributed by atoms with van der Waals surface area (Å²) in [6, 6.07) is 7.15. The molecule has 112 valence electrons. The van der Waals surface area contributed by atoms with Gasteiger partial charge in [-0.3, -0.25) is 9.59 Å². The summed E-state index contributed by atoms with van der Waals surface area (Å²) in [5, 5.41) is 12.0. The van der Waals surface area contributed by atoms with Gasteiger partial charge >= 0.3 is 0 Å². The molecular formula is C15H20N4O2. The van der Waals surface area contributed by atoms with E-state index in [-0.39, 0.29) is 17.9 Å². The highest BCUT2D eigenvalue weighted by molar-refractivity contribution is 5.92. The minimum absolute atomic E-state index is 0.116. The number of para-hydroxylation sites is 2. The Balaban J connectivity index is 1.55. The first-order valence-corrected chi connectivity index (χ1v) is 7.33. The zero-order chi connectivity index (χ0) is 14.8. The number of carbonyl (C=O) groups is 2. The van der Waals surface area contributed by atoms with Crippen LogP contribution in [0.1, 0.15) is 19.8 Å². The molecule has 3 rings (SSSR count). The molecule has 0 aromatic heterocycles. The molecule has 2 unspecified atom stereocenters. The molecule has 1 heterocycles. The number of carbonyl (C=O) groups excluding carboxylic acids is 2. The van der Waals surface area contributed by atoms with E-state index < -0.39 is 6.04 Å². The average molecular weight is 288 g/mol. The van der Waals surface area contributed by atoms with E-state index in [4.69, 9.17) is 0 Å². The summed E-state index contributed by atoms with van der Waals surface area (Å²) in [5.74, 6) is -0.287. The molecule has 0 radical (unpaired) electrons. The van der Waals surface area contributed by atoms with E-state index in [1.807, 2.05) is 24.3 Å². The zero-order valence-electron chi connectivity index (χ0n) is 12.0. The third-order valence-electron chi connectivity index (χ3n) is 3.75. The highest BCUT2D eigenvalue weighted by atomic mass is 16.2. The van der Waals surface area contributed by atoms with Crippen molar-refractivity contribution in [2.45, 2.75) is 37.9 Å². The van der Waals surface area contributed by atoms with Crippen LogP contribution in [0, 0.1) is 0 Å². The van der Waals surface area contributed by atoms with Crippen molar-refractivity contribution < 1.29 is 9.59 Å². The minimum Gasteiger partial charge on any atom is -0.381 e. The van der Waals surface area contributed by atoms with Crippen molar-refractivity contribution in [3.05, 3.63) is 24.3 Å². The van der Waals surface area contributed by atoms with Crippen LogP contribution in [0.4, 0.5) is 11.4 Å². The van der Waals surface area contributed by atoms with E-state index in [9.17, 15) is 9.59 Å². The normalized spacial score (nSPS) is 21.3. The fraction of sp³-hybridized carbons (Fsp3) is 0.467. The van der Waals surface area contributed by atoms with Crippen LogP contribution in [0.3, 0.4) is 0 Å². The number of rotatable bonds is 4. The number of hydrogen-bond donors (Lipinski definition) is 4. The second-order valence-electron chi connectivity index (χ2n) is 5.64. The predicted molar refractivity (Wildman–Crippen MR) is 81.1 cm³/mol. The maximum atomic E-state index is 12.2. The van der Waals surface area contributed by atoms with Crippen LogP contribution < -0.4 is 21.3 Å². The van der Waals surface area contributed by atoms with Gasteiger partial charge in [0.2, 0.25) is 11.8 Å². The number of fused-ring (bicyclic) bond motifs is 1. The lowest BCUT2D eigenvalue weighted by Gasteiger charge is -2.28. The molecule has 2 amide bonds. The molecule has 1 aliphatic heterocycles. The Morgan fingerprint density at radius 2 is 1.95 bits per heavy atom. The molecule has 2 atom stereocenters. The van der Waals surface area contributed by atoms with E-state index in [0.717, 1.165) is 24.2 Å². The van der Waals surface area contributed by atoms with Crippen LogP contribution in [0.2, 0.25) is 0 Å². The highest BCUT2D eigenvalue weighted by Crippen LogP contribution is 2.25. The summed E-state index contributed by atoms with van der Waals surface area (Å²) in [6.07, 6.45) is 2.08. The van der Waals surface area contributed by atoms with Crippen LogP contribution in [-0.2, 0) is 9.59 Å². The van der Waals surface area contributed by atoms with Gasteiger partial charge in [0.15, 0.2) is 0 Å². The minimum atomic E-state index is -0.517. The first kappa shape index (κ1) is 13.7. The van der Waals surface area contributed by atoms with E-state index in [0.29, 0.717) is 12.6 Å². The number of amides is 2.